The molecule has 0 saturated carbocycles. The summed E-state index contributed by atoms with van der Waals surface area (Å²) in [6.45, 7) is 0.620. The topological polar surface area (TPSA) is 94.2 Å². The number of benzene rings is 2. The van der Waals surface area contributed by atoms with Crippen molar-refractivity contribution in [2.75, 3.05) is 5.32 Å². The van der Waals surface area contributed by atoms with E-state index in [2.05, 4.69) is 5.32 Å². The first-order valence-electron chi connectivity index (χ1n) is 9.04. The lowest BCUT2D eigenvalue weighted by Crippen LogP contribution is -2.19. The number of nitrogens with two attached hydrogens (primary N) is 1. The van der Waals surface area contributed by atoms with E-state index in [1.807, 2.05) is 28.8 Å². The van der Waals surface area contributed by atoms with Crippen LogP contribution in [0.15, 0.2) is 66.7 Å². The Morgan fingerprint density at radius 1 is 0.893 bits per heavy atom. The highest BCUT2D eigenvalue weighted by molar-refractivity contribution is 6.08. The zero-order valence-corrected chi connectivity index (χ0v) is 15.1. The summed E-state index contributed by atoms with van der Waals surface area (Å²) in [5, 5.41) is 2.87. The number of primary amides is 1. The number of nitrogens with zero attached hydrogens (tertiary/aromatic N) is 1. The first-order valence-corrected chi connectivity index (χ1v) is 9.04. The summed E-state index contributed by atoms with van der Waals surface area (Å²) in [7, 11) is 0. The van der Waals surface area contributed by atoms with E-state index in [1.165, 1.54) is 0 Å². The number of hydrogen-bond donors (Lipinski definition) is 2. The number of fused-ring (bicyclic) bond motifs is 1. The Bertz CT molecular complexity index is 1050. The molecule has 3 aromatic rings. The molecule has 0 fully saturated rings. The summed E-state index contributed by atoms with van der Waals surface area (Å²) in [5.74, 6) is -1.02. The van der Waals surface area contributed by atoms with Gasteiger partial charge in [0, 0.05) is 29.1 Å². The smallest absolute Gasteiger partial charge is 0.248 e. The molecular weight excluding hydrogens is 354 g/mol. The number of aromatic nitrogens is 1. The monoisotopic (exact) mass is 373 g/mol. The second-order valence-corrected chi connectivity index (χ2v) is 6.76. The predicted molar refractivity (Wildman–Crippen MR) is 105 cm³/mol. The average molecular weight is 373 g/mol. The molecule has 2 aromatic carbocycles. The van der Waals surface area contributed by atoms with Gasteiger partial charge in [0.25, 0.3) is 0 Å². The van der Waals surface area contributed by atoms with E-state index in [0.717, 1.165) is 5.69 Å². The second kappa shape index (κ2) is 7.15. The number of carbonyl (C=O) groups excluding carboxylic acids is 3. The van der Waals surface area contributed by atoms with Crippen LogP contribution in [0.3, 0.4) is 0 Å². The molecule has 0 unspecified atom stereocenters. The van der Waals surface area contributed by atoms with Crippen LogP contribution in [0.1, 0.15) is 44.4 Å². The maximum absolute atomic E-state index is 12.8. The van der Waals surface area contributed by atoms with Crippen molar-refractivity contribution in [1.29, 1.82) is 0 Å². The average Bonchev–Trinajstić information content (AvgIpc) is 3.30. The molecule has 1 aromatic heterocycles. The highest BCUT2D eigenvalue weighted by Crippen LogP contribution is 2.32. The summed E-state index contributed by atoms with van der Waals surface area (Å²) < 4.78 is 1.93. The van der Waals surface area contributed by atoms with Crippen LogP contribution in [0, 0.1) is 0 Å². The van der Waals surface area contributed by atoms with E-state index < -0.39 is 5.91 Å². The van der Waals surface area contributed by atoms with Gasteiger partial charge in [0.2, 0.25) is 17.6 Å². The van der Waals surface area contributed by atoms with Crippen LogP contribution in [-0.4, -0.2) is 22.2 Å². The normalized spacial score (nSPS) is 15.1. The van der Waals surface area contributed by atoms with Crippen molar-refractivity contribution in [3.05, 3.63) is 89.2 Å². The standard InChI is InChI=1S/C22H19N3O3/c23-21(27)15-6-8-16(9-7-15)24-22(28)17-12-13-25-18(17)10-11-19(25)20(26)14-4-2-1-3-5-14/h1-11,17H,12-13H2,(H2,23,27)(H,24,28)/t17-/m1/s1. The van der Waals surface area contributed by atoms with Gasteiger partial charge in [-0.1, -0.05) is 30.3 Å². The number of nitrogens with one attached hydrogen (secondary N) is 1. The molecule has 2 heterocycles. The number of anilines is 1. The Morgan fingerprint density at radius 2 is 1.61 bits per heavy atom. The van der Waals surface area contributed by atoms with Crippen molar-refractivity contribution in [1.82, 2.24) is 4.57 Å². The van der Waals surface area contributed by atoms with Gasteiger partial charge in [0.15, 0.2) is 0 Å². The minimum Gasteiger partial charge on any atom is -0.366 e. The predicted octanol–water partition coefficient (Wildman–Crippen LogP) is 2.94. The first kappa shape index (κ1) is 17.7. The maximum atomic E-state index is 12.8. The second-order valence-electron chi connectivity index (χ2n) is 6.76. The fraction of sp³-hybridized carbons (Fsp3) is 0.136. The fourth-order valence-corrected chi connectivity index (χ4v) is 3.59. The van der Waals surface area contributed by atoms with Gasteiger partial charge in [-0.05, 0) is 42.8 Å². The Labute approximate surface area is 162 Å². The summed E-state index contributed by atoms with van der Waals surface area (Å²) in [4.78, 5) is 36.7. The van der Waals surface area contributed by atoms with Crippen molar-refractivity contribution in [2.45, 2.75) is 18.9 Å². The number of ketones is 1. The molecule has 1 aliphatic heterocycles. The van der Waals surface area contributed by atoms with Crippen molar-refractivity contribution in [3.63, 3.8) is 0 Å². The van der Waals surface area contributed by atoms with E-state index in [1.54, 1.807) is 42.5 Å². The quantitative estimate of drug-likeness (QED) is 0.673. The van der Waals surface area contributed by atoms with Gasteiger partial charge >= 0.3 is 0 Å². The summed E-state index contributed by atoms with van der Waals surface area (Å²) in [5.41, 5.74) is 8.28. The molecule has 1 aliphatic rings. The fourth-order valence-electron chi connectivity index (χ4n) is 3.59. The minimum atomic E-state index is -0.512. The van der Waals surface area contributed by atoms with Gasteiger partial charge in [-0.25, -0.2) is 0 Å². The Kier molecular flexibility index (Phi) is 4.53. The number of hydrogen-bond acceptors (Lipinski definition) is 3. The van der Waals surface area contributed by atoms with Crippen molar-refractivity contribution < 1.29 is 14.4 Å². The molecular formula is C22H19N3O3. The van der Waals surface area contributed by atoms with Crippen molar-refractivity contribution >= 4 is 23.3 Å². The molecule has 6 heteroatoms. The molecule has 1 atom stereocenters. The van der Waals surface area contributed by atoms with E-state index >= 15 is 0 Å². The van der Waals surface area contributed by atoms with Gasteiger partial charge in [-0.15, -0.1) is 0 Å². The van der Waals surface area contributed by atoms with Crippen LogP contribution in [0.4, 0.5) is 5.69 Å². The zero-order valence-electron chi connectivity index (χ0n) is 15.1. The van der Waals surface area contributed by atoms with Crippen LogP contribution in [0.25, 0.3) is 0 Å². The third-order valence-corrected chi connectivity index (χ3v) is 5.03. The highest BCUT2D eigenvalue weighted by atomic mass is 16.2. The highest BCUT2D eigenvalue weighted by Gasteiger charge is 2.32. The van der Waals surface area contributed by atoms with Crippen LogP contribution < -0.4 is 11.1 Å². The van der Waals surface area contributed by atoms with E-state index in [4.69, 9.17) is 5.73 Å². The largest absolute Gasteiger partial charge is 0.366 e. The van der Waals surface area contributed by atoms with Crippen LogP contribution in [0.2, 0.25) is 0 Å². The van der Waals surface area contributed by atoms with E-state index in [9.17, 15) is 14.4 Å². The number of amides is 2. The van der Waals surface area contributed by atoms with Crippen LogP contribution in [0.5, 0.6) is 0 Å². The van der Waals surface area contributed by atoms with Gasteiger partial charge < -0.3 is 15.6 Å². The summed E-state index contributed by atoms with van der Waals surface area (Å²) in [6, 6.07) is 19.2. The third kappa shape index (κ3) is 3.20. The molecule has 4 rings (SSSR count). The molecule has 140 valence electrons. The lowest BCUT2D eigenvalue weighted by molar-refractivity contribution is -0.117. The van der Waals surface area contributed by atoms with Crippen molar-refractivity contribution in [2.24, 2.45) is 5.73 Å². The van der Waals surface area contributed by atoms with Crippen LogP contribution >= 0.6 is 0 Å². The molecule has 3 N–H and O–H groups in total. The van der Waals surface area contributed by atoms with Gasteiger partial charge in [-0.2, -0.15) is 0 Å². The molecule has 6 nitrogen and oxygen atoms in total. The maximum Gasteiger partial charge on any atom is 0.248 e. The molecule has 0 radical (unpaired) electrons. The minimum absolute atomic E-state index is 0.0463. The third-order valence-electron chi connectivity index (χ3n) is 5.03. The molecule has 2 amide bonds. The van der Waals surface area contributed by atoms with Gasteiger partial charge in [0.05, 0.1) is 11.6 Å². The Morgan fingerprint density at radius 3 is 2.29 bits per heavy atom. The zero-order chi connectivity index (χ0) is 19.7. The Hall–Kier alpha value is -3.67. The van der Waals surface area contributed by atoms with Gasteiger partial charge in [0.1, 0.15) is 0 Å². The van der Waals surface area contributed by atoms with Gasteiger partial charge in [-0.3, -0.25) is 14.4 Å². The SMILES string of the molecule is NC(=O)c1ccc(NC(=O)[C@@H]2CCn3c(C(=O)c4ccccc4)ccc32)cc1. The lowest BCUT2D eigenvalue weighted by atomic mass is 10.0. The molecule has 0 bridgehead atoms. The molecule has 0 saturated heterocycles. The summed E-state index contributed by atoms with van der Waals surface area (Å²) in [6.07, 6.45) is 0.635. The first-order chi connectivity index (χ1) is 13.5. The lowest BCUT2D eigenvalue weighted by Gasteiger charge is -2.11. The number of rotatable bonds is 5. The molecule has 0 spiro atoms. The molecule has 28 heavy (non-hydrogen) atoms. The van der Waals surface area contributed by atoms with E-state index in [-0.39, 0.29) is 17.6 Å². The molecule has 0 aliphatic carbocycles. The Balaban J connectivity index is 1.52. The summed E-state index contributed by atoms with van der Waals surface area (Å²) >= 11 is 0. The van der Waals surface area contributed by atoms with Crippen LogP contribution in [-0.2, 0) is 11.3 Å². The van der Waals surface area contributed by atoms with E-state index in [0.29, 0.717) is 35.5 Å². The number of carbonyl (C=O) groups is 3. The van der Waals surface area contributed by atoms with Crippen molar-refractivity contribution in [3.8, 4) is 0 Å².